The Morgan fingerprint density at radius 2 is 2.31 bits per heavy atom. The van der Waals surface area contributed by atoms with Crippen molar-refractivity contribution in [3.05, 3.63) is 23.9 Å². The van der Waals surface area contributed by atoms with Gasteiger partial charge in [0.25, 0.3) is 0 Å². The van der Waals surface area contributed by atoms with E-state index in [-0.39, 0.29) is 0 Å². The summed E-state index contributed by atoms with van der Waals surface area (Å²) >= 11 is 0. The fourth-order valence-electron chi connectivity index (χ4n) is 1.45. The van der Waals surface area contributed by atoms with Gasteiger partial charge in [-0.2, -0.15) is 0 Å². The standard InChI is InChI=1S/C10H17N3/c1-3-9(12-4-2)8-6-5-7-13-10(8)11/h5-7,9,12H,3-4H2,1-2H3,(H2,11,13). The van der Waals surface area contributed by atoms with E-state index in [0.717, 1.165) is 18.5 Å². The molecule has 0 amide bonds. The lowest BCUT2D eigenvalue weighted by Gasteiger charge is -2.17. The van der Waals surface area contributed by atoms with Gasteiger partial charge in [-0.25, -0.2) is 4.98 Å². The Kier molecular flexibility index (Phi) is 3.71. The largest absolute Gasteiger partial charge is 0.383 e. The van der Waals surface area contributed by atoms with Crippen molar-refractivity contribution in [2.24, 2.45) is 0 Å². The number of hydrogen-bond acceptors (Lipinski definition) is 3. The third-order valence-electron chi connectivity index (χ3n) is 2.11. The summed E-state index contributed by atoms with van der Waals surface area (Å²) in [7, 11) is 0. The average Bonchev–Trinajstić information content (AvgIpc) is 2.16. The predicted octanol–water partition coefficient (Wildman–Crippen LogP) is 1.72. The first-order valence-electron chi connectivity index (χ1n) is 4.73. The maximum Gasteiger partial charge on any atom is 0.128 e. The molecule has 0 radical (unpaired) electrons. The van der Waals surface area contributed by atoms with Crippen LogP contribution in [0.15, 0.2) is 18.3 Å². The Morgan fingerprint density at radius 1 is 1.54 bits per heavy atom. The molecule has 1 unspecified atom stereocenters. The summed E-state index contributed by atoms with van der Waals surface area (Å²) in [4.78, 5) is 4.07. The Hall–Kier alpha value is -1.09. The number of rotatable bonds is 4. The van der Waals surface area contributed by atoms with Crippen molar-refractivity contribution in [3.63, 3.8) is 0 Å². The van der Waals surface area contributed by atoms with Gasteiger partial charge < -0.3 is 11.1 Å². The number of anilines is 1. The lowest BCUT2D eigenvalue weighted by atomic mass is 10.1. The Balaban J connectivity index is 2.84. The van der Waals surface area contributed by atoms with E-state index in [9.17, 15) is 0 Å². The van der Waals surface area contributed by atoms with E-state index in [4.69, 9.17) is 5.73 Å². The number of nitrogen functional groups attached to an aromatic ring is 1. The molecular formula is C10H17N3. The lowest BCUT2D eigenvalue weighted by Crippen LogP contribution is -2.21. The van der Waals surface area contributed by atoms with Gasteiger partial charge in [0, 0.05) is 17.8 Å². The van der Waals surface area contributed by atoms with Crippen LogP contribution in [0.1, 0.15) is 31.9 Å². The maximum absolute atomic E-state index is 5.78. The summed E-state index contributed by atoms with van der Waals surface area (Å²) in [5.41, 5.74) is 6.88. The van der Waals surface area contributed by atoms with Gasteiger partial charge >= 0.3 is 0 Å². The number of pyridine rings is 1. The van der Waals surface area contributed by atoms with Crippen molar-refractivity contribution in [1.29, 1.82) is 0 Å². The van der Waals surface area contributed by atoms with E-state index >= 15 is 0 Å². The first-order chi connectivity index (χ1) is 6.29. The van der Waals surface area contributed by atoms with Crippen LogP contribution < -0.4 is 11.1 Å². The SMILES string of the molecule is CCNC(CC)c1cccnc1N. The molecule has 3 N–H and O–H groups in total. The van der Waals surface area contributed by atoms with Crippen LogP contribution >= 0.6 is 0 Å². The highest BCUT2D eigenvalue weighted by Gasteiger charge is 2.10. The zero-order valence-electron chi connectivity index (χ0n) is 8.25. The molecule has 0 spiro atoms. The van der Waals surface area contributed by atoms with E-state index in [1.165, 1.54) is 0 Å². The molecule has 0 aliphatic rings. The first-order valence-corrected chi connectivity index (χ1v) is 4.73. The topological polar surface area (TPSA) is 50.9 Å². The molecule has 1 atom stereocenters. The van der Waals surface area contributed by atoms with E-state index in [2.05, 4.69) is 24.1 Å². The van der Waals surface area contributed by atoms with Crippen LogP contribution in [0.5, 0.6) is 0 Å². The smallest absolute Gasteiger partial charge is 0.128 e. The highest BCUT2D eigenvalue weighted by Crippen LogP contribution is 2.20. The summed E-state index contributed by atoms with van der Waals surface area (Å²) in [5, 5.41) is 3.37. The molecule has 0 fully saturated rings. The predicted molar refractivity (Wildman–Crippen MR) is 55.4 cm³/mol. The Labute approximate surface area is 79.4 Å². The zero-order valence-corrected chi connectivity index (χ0v) is 8.25. The molecule has 13 heavy (non-hydrogen) atoms. The van der Waals surface area contributed by atoms with Gasteiger partial charge in [0.1, 0.15) is 5.82 Å². The molecular weight excluding hydrogens is 162 g/mol. The molecule has 0 aliphatic heterocycles. The minimum absolute atomic E-state index is 0.332. The van der Waals surface area contributed by atoms with Gasteiger partial charge in [0.05, 0.1) is 0 Å². The van der Waals surface area contributed by atoms with E-state index in [1.807, 2.05) is 12.1 Å². The van der Waals surface area contributed by atoms with Gasteiger partial charge in [-0.05, 0) is 19.0 Å². The van der Waals surface area contributed by atoms with Gasteiger partial charge in [-0.1, -0.05) is 19.9 Å². The quantitative estimate of drug-likeness (QED) is 0.740. The molecule has 3 nitrogen and oxygen atoms in total. The molecule has 1 heterocycles. The van der Waals surface area contributed by atoms with Gasteiger partial charge in [0.15, 0.2) is 0 Å². The number of nitrogens with two attached hydrogens (primary N) is 1. The van der Waals surface area contributed by atoms with Crippen LogP contribution in [0.2, 0.25) is 0 Å². The summed E-state index contributed by atoms with van der Waals surface area (Å²) in [6.07, 6.45) is 2.75. The minimum Gasteiger partial charge on any atom is -0.383 e. The molecule has 0 saturated heterocycles. The van der Waals surface area contributed by atoms with E-state index < -0.39 is 0 Å². The van der Waals surface area contributed by atoms with E-state index in [0.29, 0.717) is 11.9 Å². The van der Waals surface area contributed by atoms with E-state index in [1.54, 1.807) is 6.20 Å². The van der Waals surface area contributed by atoms with Crippen molar-refractivity contribution in [3.8, 4) is 0 Å². The fourth-order valence-corrected chi connectivity index (χ4v) is 1.45. The maximum atomic E-state index is 5.78. The summed E-state index contributed by atoms with van der Waals surface area (Å²) < 4.78 is 0. The van der Waals surface area contributed by atoms with Crippen molar-refractivity contribution in [2.45, 2.75) is 26.3 Å². The first kappa shape index (κ1) is 9.99. The lowest BCUT2D eigenvalue weighted by molar-refractivity contribution is 0.537. The highest BCUT2D eigenvalue weighted by atomic mass is 14.9. The molecule has 1 aromatic rings. The molecule has 72 valence electrons. The molecule has 0 bridgehead atoms. The fraction of sp³-hybridized carbons (Fsp3) is 0.500. The molecule has 1 rings (SSSR count). The third-order valence-corrected chi connectivity index (χ3v) is 2.11. The Morgan fingerprint density at radius 3 is 2.85 bits per heavy atom. The number of aromatic nitrogens is 1. The van der Waals surface area contributed by atoms with Crippen molar-refractivity contribution < 1.29 is 0 Å². The van der Waals surface area contributed by atoms with Crippen LogP contribution in [-0.2, 0) is 0 Å². The number of nitrogens with one attached hydrogen (secondary N) is 1. The van der Waals surface area contributed by atoms with Crippen molar-refractivity contribution in [1.82, 2.24) is 10.3 Å². The zero-order chi connectivity index (χ0) is 9.68. The molecule has 0 aliphatic carbocycles. The normalized spacial score (nSPS) is 12.8. The van der Waals surface area contributed by atoms with Gasteiger partial charge in [0.2, 0.25) is 0 Å². The minimum atomic E-state index is 0.332. The third kappa shape index (κ3) is 2.42. The highest BCUT2D eigenvalue weighted by molar-refractivity contribution is 5.40. The summed E-state index contributed by atoms with van der Waals surface area (Å²) in [5.74, 6) is 0.635. The van der Waals surface area contributed by atoms with Crippen LogP contribution in [0.4, 0.5) is 5.82 Å². The second kappa shape index (κ2) is 4.82. The van der Waals surface area contributed by atoms with Gasteiger partial charge in [-0.3, -0.25) is 0 Å². The second-order valence-electron chi connectivity index (χ2n) is 3.00. The van der Waals surface area contributed by atoms with Crippen LogP contribution in [0.25, 0.3) is 0 Å². The number of nitrogens with zero attached hydrogens (tertiary/aromatic N) is 1. The monoisotopic (exact) mass is 179 g/mol. The van der Waals surface area contributed by atoms with Crippen molar-refractivity contribution >= 4 is 5.82 Å². The van der Waals surface area contributed by atoms with Crippen LogP contribution in [-0.4, -0.2) is 11.5 Å². The number of hydrogen-bond donors (Lipinski definition) is 2. The summed E-state index contributed by atoms with van der Waals surface area (Å²) in [6.45, 7) is 5.18. The molecule has 0 saturated carbocycles. The second-order valence-corrected chi connectivity index (χ2v) is 3.00. The summed E-state index contributed by atoms with van der Waals surface area (Å²) in [6, 6.07) is 4.28. The molecule has 0 aromatic carbocycles. The molecule has 1 aromatic heterocycles. The van der Waals surface area contributed by atoms with Crippen LogP contribution in [0, 0.1) is 0 Å². The average molecular weight is 179 g/mol. The van der Waals surface area contributed by atoms with Crippen LogP contribution in [0.3, 0.4) is 0 Å². The molecule has 3 heteroatoms. The van der Waals surface area contributed by atoms with Crippen molar-refractivity contribution in [2.75, 3.05) is 12.3 Å². The van der Waals surface area contributed by atoms with Gasteiger partial charge in [-0.15, -0.1) is 0 Å². The Bertz CT molecular complexity index is 260.